The molecule has 2 unspecified atom stereocenters. The van der Waals surface area contributed by atoms with Gasteiger partial charge in [-0.25, -0.2) is 8.42 Å². The van der Waals surface area contributed by atoms with Crippen LogP contribution in [0, 0.1) is 11.3 Å². The van der Waals surface area contributed by atoms with Crippen molar-refractivity contribution in [1.82, 2.24) is 0 Å². The molecule has 0 N–H and O–H groups in total. The molecule has 2 atom stereocenters. The van der Waals surface area contributed by atoms with Gasteiger partial charge in [0.15, 0.2) is 9.84 Å². The van der Waals surface area contributed by atoms with Gasteiger partial charge in [0.25, 0.3) is 0 Å². The van der Waals surface area contributed by atoms with Crippen molar-refractivity contribution in [2.75, 3.05) is 30.4 Å². The molecule has 0 aromatic rings. The van der Waals surface area contributed by atoms with E-state index < -0.39 is 9.84 Å². The lowest BCUT2D eigenvalue weighted by Crippen LogP contribution is -2.38. The van der Waals surface area contributed by atoms with E-state index in [-0.39, 0.29) is 28.9 Å². The third-order valence-electron chi connectivity index (χ3n) is 3.73. The molecule has 0 bridgehead atoms. The maximum Gasteiger partial charge on any atom is 0.150 e. The zero-order valence-corrected chi connectivity index (χ0v) is 12.6. The summed E-state index contributed by atoms with van der Waals surface area (Å²) in [6.07, 6.45) is 1.41. The highest BCUT2D eigenvalue weighted by atomic mass is 35.5. The zero-order valence-electron chi connectivity index (χ0n) is 10.3. The van der Waals surface area contributed by atoms with Crippen LogP contribution in [0.3, 0.4) is 0 Å². The fourth-order valence-corrected chi connectivity index (χ4v) is 5.35. The van der Waals surface area contributed by atoms with E-state index >= 15 is 0 Å². The SMILES string of the molecule is COC(C)CC(CCl)(CCl)C1CCS(=O)(=O)C1. The molecule has 0 aromatic heterocycles. The van der Waals surface area contributed by atoms with Crippen LogP contribution >= 0.6 is 23.2 Å². The molecule has 1 aliphatic heterocycles. The number of hydrogen-bond acceptors (Lipinski definition) is 3. The molecule has 0 spiro atoms. The number of methoxy groups -OCH3 is 1. The largest absolute Gasteiger partial charge is 0.382 e. The van der Waals surface area contributed by atoms with Crippen molar-refractivity contribution in [3.8, 4) is 0 Å². The van der Waals surface area contributed by atoms with Crippen molar-refractivity contribution < 1.29 is 13.2 Å². The average Bonchev–Trinajstić information content (AvgIpc) is 2.66. The van der Waals surface area contributed by atoms with Crippen molar-refractivity contribution >= 4 is 33.0 Å². The number of halogens is 2. The van der Waals surface area contributed by atoms with Crippen LogP contribution in [0.1, 0.15) is 19.8 Å². The van der Waals surface area contributed by atoms with E-state index in [4.69, 9.17) is 27.9 Å². The number of alkyl halides is 2. The highest BCUT2D eigenvalue weighted by Crippen LogP contribution is 2.42. The molecular formula is C11H20Cl2O3S. The van der Waals surface area contributed by atoms with Crippen LogP contribution in [0.5, 0.6) is 0 Å². The normalized spacial score (nSPS) is 26.0. The maximum atomic E-state index is 11.6. The Bertz CT molecular complexity index is 339. The number of hydrogen-bond donors (Lipinski definition) is 0. The van der Waals surface area contributed by atoms with Gasteiger partial charge in [-0.3, -0.25) is 0 Å². The van der Waals surface area contributed by atoms with Crippen molar-refractivity contribution in [3.05, 3.63) is 0 Å². The topological polar surface area (TPSA) is 43.4 Å². The second-order valence-corrected chi connectivity index (χ2v) is 7.74. The van der Waals surface area contributed by atoms with E-state index in [2.05, 4.69) is 0 Å². The van der Waals surface area contributed by atoms with Crippen LogP contribution in [0.2, 0.25) is 0 Å². The van der Waals surface area contributed by atoms with Gasteiger partial charge in [-0.1, -0.05) is 0 Å². The van der Waals surface area contributed by atoms with Crippen molar-refractivity contribution in [2.45, 2.75) is 25.9 Å². The van der Waals surface area contributed by atoms with E-state index in [0.29, 0.717) is 24.6 Å². The molecule has 1 aliphatic rings. The minimum absolute atomic E-state index is 0.0378. The van der Waals surface area contributed by atoms with E-state index in [1.807, 2.05) is 6.92 Å². The van der Waals surface area contributed by atoms with Crippen LogP contribution in [-0.2, 0) is 14.6 Å². The Morgan fingerprint density at radius 3 is 2.35 bits per heavy atom. The highest BCUT2D eigenvalue weighted by Gasteiger charge is 2.44. The van der Waals surface area contributed by atoms with E-state index in [1.165, 1.54) is 0 Å². The van der Waals surface area contributed by atoms with Crippen LogP contribution in [0.15, 0.2) is 0 Å². The molecule has 0 aromatic carbocycles. The summed E-state index contributed by atoms with van der Waals surface area (Å²) in [6, 6.07) is 0. The van der Waals surface area contributed by atoms with Gasteiger partial charge in [0, 0.05) is 24.3 Å². The molecule has 3 nitrogen and oxygen atoms in total. The molecule has 102 valence electrons. The average molecular weight is 303 g/mol. The first-order valence-electron chi connectivity index (χ1n) is 5.74. The first-order chi connectivity index (χ1) is 7.89. The van der Waals surface area contributed by atoms with E-state index in [9.17, 15) is 8.42 Å². The summed E-state index contributed by atoms with van der Waals surface area (Å²) < 4.78 is 28.4. The van der Waals surface area contributed by atoms with Crippen LogP contribution < -0.4 is 0 Å². The number of rotatable bonds is 6. The minimum Gasteiger partial charge on any atom is -0.382 e. The van der Waals surface area contributed by atoms with Gasteiger partial charge in [-0.15, -0.1) is 23.2 Å². The summed E-state index contributed by atoms with van der Waals surface area (Å²) in [5.41, 5.74) is -0.331. The Morgan fingerprint density at radius 1 is 1.41 bits per heavy atom. The quantitative estimate of drug-likeness (QED) is 0.707. The summed E-state index contributed by atoms with van der Waals surface area (Å²) in [4.78, 5) is 0. The molecular weight excluding hydrogens is 283 g/mol. The lowest BCUT2D eigenvalue weighted by atomic mass is 9.74. The molecule has 6 heteroatoms. The van der Waals surface area contributed by atoms with E-state index in [0.717, 1.165) is 0 Å². The van der Waals surface area contributed by atoms with E-state index in [1.54, 1.807) is 7.11 Å². The number of ether oxygens (including phenoxy) is 1. The number of sulfone groups is 1. The summed E-state index contributed by atoms with van der Waals surface area (Å²) in [5.74, 6) is 1.28. The molecule has 0 aliphatic carbocycles. The van der Waals surface area contributed by atoms with Gasteiger partial charge in [0.1, 0.15) is 0 Å². The van der Waals surface area contributed by atoms with Crippen molar-refractivity contribution in [2.24, 2.45) is 11.3 Å². The third kappa shape index (κ3) is 3.72. The van der Waals surface area contributed by atoms with Crippen LogP contribution in [0.25, 0.3) is 0 Å². The standard InChI is InChI=1S/C11H20Cl2O3S/c1-9(16-2)5-11(7-12,8-13)10-3-4-17(14,15)6-10/h9-10H,3-8H2,1-2H3. The second kappa shape index (κ2) is 6.09. The summed E-state index contributed by atoms with van der Waals surface area (Å²) >= 11 is 12.1. The first kappa shape index (κ1) is 15.5. The third-order valence-corrected chi connectivity index (χ3v) is 6.56. The predicted octanol–water partition coefficient (Wildman–Crippen LogP) is 2.31. The van der Waals surface area contributed by atoms with Crippen molar-refractivity contribution in [3.63, 3.8) is 0 Å². The van der Waals surface area contributed by atoms with Gasteiger partial charge in [0.05, 0.1) is 17.6 Å². The molecule has 1 rings (SSSR count). The van der Waals surface area contributed by atoms with Crippen molar-refractivity contribution in [1.29, 1.82) is 0 Å². The fourth-order valence-electron chi connectivity index (χ4n) is 2.46. The fraction of sp³-hybridized carbons (Fsp3) is 1.00. The molecule has 1 saturated heterocycles. The molecule has 17 heavy (non-hydrogen) atoms. The van der Waals surface area contributed by atoms with Gasteiger partial charge >= 0.3 is 0 Å². The Morgan fingerprint density at radius 2 is 2.00 bits per heavy atom. The molecule has 1 heterocycles. The smallest absolute Gasteiger partial charge is 0.150 e. The molecule has 0 saturated carbocycles. The Labute approximate surface area is 114 Å². The van der Waals surface area contributed by atoms with Crippen LogP contribution in [0.4, 0.5) is 0 Å². The summed E-state index contributed by atoms with van der Waals surface area (Å²) in [7, 11) is -1.26. The summed E-state index contributed by atoms with van der Waals surface area (Å²) in [5, 5.41) is 0. The Balaban J connectivity index is 2.84. The van der Waals surface area contributed by atoms with Gasteiger partial charge < -0.3 is 4.74 Å². The highest BCUT2D eigenvalue weighted by molar-refractivity contribution is 7.91. The van der Waals surface area contributed by atoms with Gasteiger partial charge in [-0.05, 0) is 25.7 Å². The first-order valence-corrected chi connectivity index (χ1v) is 8.63. The van der Waals surface area contributed by atoms with Gasteiger partial charge in [-0.2, -0.15) is 0 Å². The Kier molecular flexibility index (Phi) is 5.57. The van der Waals surface area contributed by atoms with Crippen LogP contribution in [-0.4, -0.2) is 44.9 Å². The minimum atomic E-state index is -2.90. The summed E-state index contributed by atoms with van der Waals surface area (Å²) in [6.45, 7) is 1.96. The zero-order chi connectivity index (χ0) is 13.1. The second-order valence-electron chi connectivity index (χ2n) is 4.98. The molecule has 0 radical (unpaired) electrons. The molecule has 1 fully saturated rings. The Hall–Kier alpha value is 0.490. The maximum absolute atomic E-state index is 11.6. The molecule has 0 amide bonds. The lowest BCUT2D eigenvalue weighted by molar-refractivity contribution is 0.0598. The lowest BCUT2D eigenvalue weighted by Gasteiger charge is -2.37. The van der Waals surface area contributed by atoms with Gasteiger partial charge in [0.2, 0.25) is 0 Å². The monoisotopic (exact) mass is 302 g/mol. The predicted molar refractivity (Wildman–Crippen MR) is 71.7 cm³/mol.